The number of pyridine rings is 1. The molecule has 0 bridgehead atoms. The van der Waals surface area contributed by atoms with Crippen molar-refractivity contribution >= 4 is 15.9 Å². The summed E-state index contributed by atoms with van der Waals surface area (Å²) in [5.41, 5.74) is 2.52. The van der Waals surface area contributed by atoms with Crippen LogP contribution in [0.25, 0.3) is 0 Å². The van der Waals surface area contributed by atoms with Crippen LogP contribution in [0.5, 0.6) is 0 Å². The Bertz CT molecular complexity index is 908. The Morgan fingerprint density at radius 1 is 1.33 bits per heavy atom. The van der Waals surface area contributed by atoms with Gasteiger partial charge in [-0.3, -0.25) is 9.78 Å². The second kappa shape index (κ2) is 7.77. The van der Waals surface area contributed by atoms with Crippen molar-refractivity contribution in [2.24, 2.45) is 0 Å². The Morgan fingerprint density at radius 2 is 2.04 bits per heavy atom. The van der Waals surface area contributed by atoms with Crippen molar-refractivity contribution in [1.29, 1.82) is 0 Å². The van der Waals surface area contributed by atoms with Crippen LogP contribution in [-0.4, -0.2) is 52.5 Å². The Balaban J connectivity index is 1.85. The van der Waals surface area contributed by atoms with E-state index < -0.39 is 16.1 Å². The van der Waals surface area contributed by atoms with Gasteiger partial charge in [0.15, 0.2) is 0 Å². The molecule has 0 saturated carbocycles. The van der Waals surface area contributed by atoms with Crippen molar-refractivity contribution in [3.05, 3.63) is 47.8 Å². The normalized spacial score (nSPS) is 17.7. The van der Waals surface area contributed by atoms with E-state index in [0.29, 0.717) is 25.1 Å². The molecule has 1 N–H and O–H groups in total. The molecule has 0 radical (unpaired) electrons. The lowest BCUT2D eigenvalue weighted by atomic mass is 10.0. The van der Waals surface area contributed by atoms with Gasteiger partial charge in [-0.1, -0.05) is 0 Å². The zero-order chi connectivity index (χ0) is 19.6. The summed E-state index contributed by atoms with van der Waals surface area (Å²) in [7, 11) is -3.54. The highest BCUT2D eigenvalue weighted by atomic mass is 32.2. The van der Waals surface area contributed by atoms with Crippen molar-refractivity contribution in [2.75, 3.05) is 19.3 Å². The minimum Gasteiger partial charge on any atom is -0.354 e. The molecule has 1 aliphatic rings. The topological polar surface area (TPSA) is 97.2 Å². The van der Waals surface area contributed by atoms with Gasteiger partial charge in [-0.05, 0) is 38.0 Å². The summed E-state index contributed by atoms with van der Waals surface area (Å²) < 4.78 is 27.8. The first kappa shape index (κ1) is 19.5. The predicted molar refractivity (Wildman–Crippen MR) is 102 cm³/mol. The molecule has 0 spiro atoms. The zero-order valence-electron chi connectivity index (χ0n) is 15.8. The van der Waals surface area contributed by atoms with Crippen LogP contribution in [0.3, 0.4) is 0 Å². The molecule has 1 unspecified atom stereocenters. The number of carbonyl (C=O) groups is 1. The molecule has 27 heavy (non-hydrogen) atoms. The molecule has 0 aromatic carbocycles. The fraction of sp³-hybridized carbons (Fsp3) is 0.500. The molecule has 2 aromatic heterocycles. The van der Waals surface area contributed by atoms with Crippen LogP contribution in [0.1, 0.15) is 42.9 Å². The van der Waals surface area contributed by atoms with Crippen molar-refractivity contribution in [3.63, 3.8) is 0 Å². The van der Waals surface area contributed by atoms with E-state index in [1.807, 2.05) is 30.5 Å². The van der Waals surface area contributed by atoms with Crippen molar-refractivity contribution < 1.29 is 13.2 Å². The number of amides is 1. The van der Waals surface area contributed by atoms with Crippen molar-refractivity contribution in [3.8, 4) is 0 Å². The maximum absolute atomic E-state index is 13.0. The summed E-state index contributed by atoms with van der Waals surface area (Å²) in [4.78, 5) is 21.4. The van der Waals surface area contributed by atoms with Crippen LogP contribution in [0, 0.1) is 0 Å². The third-order valence-corrected chi connectivity index (χ3v) is 5.97. The number of hydrogen-bond acceptors (Lipinski definition) is 5. The average Bonchev–Trinajstić information content (AvgIpc) is 3.05. The highest BCUT2D eigenvalue weighted by molar-refractivity contribution is 7.88. The quantitative estimate of drug-likeness (QED) is 0.795. The molecule has 9 heteroatoms. The number of imidazole rings is 1. The molecule has 1 amide bonds. The second-order valence-electron chi connectivity index (χ2n) is 7.00. The number of rotatable bonds is 6. The molecule has 0 saturated heterocycles. The SMILES string of the molecule is CC(C)n1cnc2c1C(C(=O)NCCc1ccncc1)N(S(C)(=O)=O)CC2. The Hall–Kier alpha value is -2.26. The standard InChI is InChI=1S/C18H25N5O3S/c1-13(2)22-12-21-15-7-11-23(27(3,25)26)17(16(15)22)18(24)20-10-6-14-4-8-19-9-5-14/h4-5,8-9,12-13,17H,6-7,10-11H2,1-3H3,(H,20,24). The van der Waals surface area contributed by atoms with Crippen molar-refractivity contribution in [2.45, 2.75) is 38.8 Å². The lowest BCUT2D eigenvalue weighted by Crippen LogP contribution is -2.48. The van der Waals surface area contributed by atoms with Gasteiger partial charge in [0.2, 0.25) is 15.9 Å². The molecule has 146 valence electrons. The zero-order valence-corrected chi connectivity index (χ0v) is 16.6. The Kier molecular flexibility index (Phi) is 5.61. The van der Waals surface area contributed by atoms with E-state index in [4.69, 9.17) is 0 Å². The third-order valence-electron chi connectivity index (χ3n) is 4.72. The molecular weight excluding hydrogens is 366 g/mol. The average molecular weight is 391 g/mol. The van der Waals surface area contributed by atoms with Crippen LogP contribution < -0.4 is 5.32 Å². The van der Waals surface area contributed by atoms with Gasteiger partial charge in [0, 0.05) is 37.9 Å². The van der Waals surface area contributed by atoms with E-state index >= 15 is 0 Å². The van der Waals surface area contributed by atoms with E-state index in [-0.39, 0.29) is 18.5 Å². The highest BCUT2D eigenvalue weighted by Gasteiger charge is 2.41. The number of aromatic nitrogens is 3. The number of nitrogens with zero attached hydrogens (tertiary/aromatic N) is 4. The van der Waals surface area contributed by atoms with Crippen LogP contribution in [0.4, 0.5) is 0 Å². The van der Waals surface area contributed by atoms with Gasteiger partial charge in [-0.25, -0.2) is 13.4 Å². The minimum atomic E-state index is -3.54. The van der Waals surface area contributed by atoms with E-state index in [1.165, 1.54) is 4.31 Å². The fourth-order valence-electron chi connectivity index (χ4n) is 3.38. The molecule has 0 fully saturated rings. The number of nitrogens with one attached hydrogen (secondary N) is 1. The first-order valence-corrected chi connectivity index (χ1v) is 10.8. The van der Waals surface area contributed by atoms with Gasteiger partial charge in [-0.2, -0.15) is 4.31 Å². The van der Waals surface area contributed by atoms with Gasteiger partial charge in [0.1, 0.15) is 6.04 Å². The summed E-state index contributed by atoms with van der Waals surface area (Å²) >= 11 is 0. The number of fused-ring (bicyclic) bond motifs is 1. The Labute approximate surface area is 159 Å². The van der Waals surface area contributed by atoms with Gasteiger partial charge in [0.25, 0.3) is 0 Å². The third kappa shape index (κ3) is 4.19. The summed E-state index contributed by atoms with van der Waals surface area (Å²) in [5, 5.41) is 2.89. The van der Waals surface area contributed by atoms with E-state index in [9.17, 15) is 13.2 Å². The van der Waals surface area contributed by atoms with Crippen LogP contribution in [0.15, 0.2) is 30.9 Å². The van der Waals surface area contributed by atoms with Gasteiger partial charge in [-0.15, -0.1) is 0 Å². The highest BCUT2D eigenvalue weighted by Crippen LogP contribution is 2.33. The van der Waals surface area contributed by atoms with E-state index in [2.05, 4.69) is 15.3 Å². The first-order chi connectivity index (χ1) is 12.8. The summed E-state index contributed by atoms with van der Waals surface area (Å²) in [6.45, 7) is 4.64. The maximum Gasteiger partial charge on any atom is 0.244 e. The Morgan fingerprint density at radius 3 is 2.67 bits per heavy atom. The number of sulfonamides is 1. The number of carbonyl (C=O) groups excluding carboxylic acids is 1. The largest absolute Gasteiger partial charge is 0.354 e. The van der Waals surface area contributed by atoms with Crippen molar-refractivity contribution in [1.82, 2.24) is 24.2 Å². The van der Waals surface area contributed by atoms with Crippen LogP contribution >= 0.6 is 0 Å². The summed E-state index contributed by atoms with van der Waals surface area (Å²) in [5.74, 6) is -0.321. The lowest BCUT2D eigenvalue weighted by molar-refractivity contribution is -0.125. The summed E-state index contributed by atoms with van der Waals surface area (Å²) in [6.07, 6.45) is 7.40. The first-order valence-electron chi connectivity index (χ1n) is 8.98. The lowest BCUT2D eigenvalue weighted by Gasteiger charge is -2.34. The second-order valence-corrected chi connectivity index (χ2v) is 8.94. The minimum absolute atomic E-state index is 0.0767. The molecule has 3 rings (SSSR count). The molecule has 0 aliphatic carbocycles. The van der Waals surface area contributed by atoms with Gasteiger partial charge < -0.3 is 9.88 Å². The molecule has 8 nitrogen and oxygen atoms in total. The smallest absolute Gasteiger partial charge is 0.244 e. The fourth-order valence-corrected chi connectivity index (χ4v) is 4.38. The molecule has 3 heterocycles. The molecule has 1 aliphatic heterocycles. The monoisotopic (exact) mass is 391 g/mol. The van der Waals surface area contributed by atoms with E-state index in [1.54, 1.807) is 18.7 Å². The van der Waals surface area contributed by atoms with Gasteiger partial charge >= 0.3 is 0 Å². The molecule has 1 atom stereocenters. The van der Waals surface area contributed by atoms with Gasteiger partial charge in [0.05, 0.1) is 24.0 Å². The maximum atomic E-state index is 13.0. The van der Waals surface area contributed by atoms with Crippen LogP contribution in [0.2, 0.25) is 0 Å². The summed E-state index contributed by atoms with van der Waals surface area (Å²) in [6, 6.07) is 2.96. The number of hydrogen-bond donors (Lipinski definition) is 1. The predicted octanol–water partition coefficient (Wildman–Crippen LogP) is 1.08. The molecule has 2 aromatic rings. The van der Waals surface area contributed by atoms with E-state index in [0.717, 1.165) is 17.5 Å². The van der Waals surface area contributed by atoms with Crippen LogP contribution in [-0.2, 0) is 27.7 Å². The molecular formula is C18H25N5O3S.